The number of amides is 2. The molecule has 0 saturated carbocycles. The van der Waals surface area contributed by atoms with E-state index in [1.54, 1.807) is 25.1 Å². The number of urea groups is 1. The Hall–Kier alpha value is -3.31. The number of nitrogens with zero attached hydrogens (tertiary/aromatic N) is 2. The summed E-state index contributed by atoms with van der Waals surface area (Å²) in [6.45, 7) is 1.29. The van der Waals surface area contributed by atoms with Gasteiger partial charge in [-0.3, -0.25) is 4.84 Å². The Morgan fingerprint density at radius 3 is 2.56 bits per heavy atom. The van der Waals surface area contributed by atoms with Gasteiger partial charge in [-0.15, -0.1) is 0 Å². The Morgan fingerprint density at radius 2 is 1.91 bits per heavy atom. The van der Waals surface area contributed by atoms with Crippen LogP contribution in [0.15, 0.2) is 42.5 Å². The topological polar surface area (TPSA) is 103 Å². The number of fused-ring (bicyclic) bond motifs is 1. The number of aliphatic hydroxyl groups excluding tert-OH is 1. The molecule has 1 heterocycles. The lowest BCUT2D eigenvalue weighted by Crippen LogP contribution is -2.36. The van der Waals surface area contributed by atoms with Crippen LogP contribution in [-0.4, -0.2) is 46.9 Å². The molecule has 0 aliphatic heterocycles. The van der Waals surface area contributed by atoms with Crippen molar-refractivity contribution >= 4 is 23.0 Å². The van der Waals surface area contributed by atoms with Gasteiger partial charge < -0.3 is 20.7 Å². The summed E-state index contributed by atoms with van der Waals surface area (Å²) < 4.78 is 39.4. The number of aromatic amines is 1. The van der Waals surface area contributed by atoms with Crippen molar-refractivity contribution in [1.29, 1.82) is 0 Å². The highest BCUT2D eigenvalue weighted by molar-refractivity contribution is 5.82. The van der Waals surface area contributed by atoms with E-state index in [1.165, 1.54) is 26.3 Å². The number of nitrogens with one attached hydrogen (secondary N) is 3. The molecular formula is C21H24F3N5O3. The van der Waals surface area contributed by atoms with Crippen molar-refractivity contribution in [1.82, 2.24) is 20.3 Å². The molecule has 4 N–H and O–H groups in total. The molecule has 1 aromatic heterocycles. The van der Waals surface area contributed by atoms with Crippen molar-refractivity contribution in [2.75, 3.05) is 26.1 Å². The fourth-order valence-electron chi connectivity index (χ4n) is 3.16. The van der Waals surface area contributed by atoms with Crippen LogP contribution in [0.3, 0.4) is 0 Å². The van der Waals surface area contributed by atoms with Gasteiger partial charge in [-0.05, 0) is 36.2 Å². The number of carbonyl (C=O) groups is 1. The highest BCUT2D eigenvalue weighted by atomic mass is 19.4. The minimum atomic E-state index is -4.50. The number of H-pyrrole nitrogens is 1. The zero-order valence-corrected chi connectivity index (χ0v) is 17.7. The van der Waals surface area contributed by atoms with Crippen molar-refractivity contribution in [3.8, 4) is 0 Å². The van der Waals surface area contributed by atoms with E-state index >= 15 is 0 Å². The van der Waals surface area contributed by atoms with Crippen LogP contribution in [0.2, 0.25) is 0 Å². The molecule has 3 aromatic rings. The van der Waals surface area contributed by atoms with Crippen LogP contribution in [0.5, 0.6) is 0 Å². The molecule has 32 heavy (non-hydrogen) atoms. The van der Waals surface area contributed by atoms with E-state index in [0.717, 1.165) is 22.8 Å². The Bertz CT molecular complexity index is 1100. The first-order valence-corrected chi connectivity index (χ1v) is 9.67. The fourth-order valence-corrected chi connectivity index (χ4v) is 3.16. The average molecular weight is 451 g/mol. The van der Waals surface area contributed by atoms with E-state index in [9.17, 15) is 23.1 Å². The maximum atomic E-state index is 13.1. The number of carbonyl (C=O) groups excluding carboxylic acids is 1. The normalized spacial score (nSPS) is 13.6. The largest absolute Gasteiger partial charge is 0.416 e. The summed E-state index contributed by atoms with van der Waals surface area (Å²) in [7, 11) is 2.84. The second-order valence-corrected chi connectivity index (χ2v) is 7.43. The summed E-state index contributed by atoms with van der Waals surface area (Å²) in [5.74, 6) is 0.266. The lowest BCUT2D eigenvalue weighted by molar-refractivity contribution is -0.137. The zero-order valence-electron chi connectivity index (χ0n) is 17.7. The number of halogens is 3. The lowest BCUT2D eigenvalue weighted by atomic mass is 9.91. The molecule has 3 rings (SSSR count). The van der Waals surface area contributed by atoms with Crippen LogP contribution in [0.1, 0.15) is 23.6 Å². The maximum Gasteiger partial charge on any atom is 0.416 e. The number of para-hydroxylation sites is 1. The molecule has 172 valence electrons. The smallest absolute Gasteiger partial charge is 0.394 e. The predicted molar refractivity (Wildman–Crippen MR) is 113 cm³/mol. The minimum Gasteiger partial charge on any atom is -0.394 e. The van der Waals surface area contributed by atoms with E-state index in [1.807, 2.05) is 0 Å². The van der Waals surface area contributed by atoms with E-state index in [4.69, 9.17) is 4.84 Å². The van der Waals surface area contributed by atoms with Gasteiger partial charge in [-0.2, -0.15) is 13.2 Å². The fraction of sp³-hybridized carbons (Fsp3) is 0.333. The summed E-state index contributed by atoms with van der Waals surface area (Å²) in [6.07, 6.45) is -4.50. The second kappa shape index (κ2) is 9.05. The summed E-state index contributed by atoms with van der Waals surface area (Å²) in [5.41, 5.74) is 0.160. The predicted octanol–water partition coefficient (Wildman–Crippen LogP) is 3.60. The maximum absolute atomic E-state index is 13.1. The van der Waals surface area contributed by atoms with Gasteiger partial charge in [0.25, 0.3) is 0 Å². The second-order valence-electron chi connectivity index (χ2n) is 7.43. The molecule has 0 radical (unpaired) electrons. The molecular weight excluding hydrogens is 427 g/mol. The first-order valence-electron chi connectivity index (χ1n) is 9.67. The van der Waals surface area contributed by atoms with Crippen LogP contribution in [-0.2, 0) is 23.1 Å². The van der Waals surface area contributed by atoms with Gasteiger partial charge in [0.1, 0.15) is 0 Å². The third kappa shape index (κ3) is 4.94. The molecule has 8 nitrogen and oxygen atoms in total. The quantitative estimate of drug-likeness (QED) is 0.411. The number of aliphatic hydroxyl groups is 1. The SMILES string of the molecule is CON(C)C(=O)NCc1cccc2[nH]c(NC(C)(CO)c3cccc(C(F)(F)F)c3)nc12. The van der Waals surface area contributed by atoms with Gasteiger partial charge >= 0.3 is 12.2 Å². The van der Waals surface area contributed by atoms with Gasteiger partial charge in [0.05, 0.1) is 35.9 Å². The standard InChI is InChI=1S/C21H24F3N5O3/c1-20(12-30,14-7-5-8-15(10-14)21(22,23)24)28-18-26-16-9-4-6-13(17(16)27-18)11-25-19(31)29(2)32-3/h4-10,30H,11-12H2,1-3H3,(H,25,31)(H2,26,27,28). The molecule has 0 aliphatic rings. The molecule has 0 saturated heterocycles. The summed E-state index contributed by atoms with van der Waals surface area (Å²) in [5, 5.41) is 16.7. The van der Waals surface area contributed by atoms with E-state index < -0.39 is 29.9 Å². The Morgan fingerprint density at radius 1 is 1.22 bits per heavy atom. The molecule has 11 heteroatoms. The highest BCUT2D eigenvalue weighted by Gasteiger charge is 2.34. The number of imidazole rings is 1. The van der Waals surface area contributed by atoms with E-state index in [-0.39, 0.29) is 18.1 Å². The van der Waals surface area contributed by atoms with Crippen LogP contribution in [0.25, 0.3) is 11.0 Å². The molecule has 1 atom stereocenters. The number of aromatic nitrogens is 2. The highest BCUT2D eigenvalue weighted by Crippen LogP contribution is 2.33. The lowest BCUT2D eigenvalue weighted by Gasteiger charge is -2.29. The first-order chi connectivity index (χ1) is 15.1. The van der Waals surface area contributed by atoms with Crippen LogP contribution >= 0.6 is 0 Å². The van der Waals surface area contributed by atoms with E-state index in [0.29, 0.717) is 11.0 Å². The number of hydroxylamine groups is 2. The zero-order chi connectivity index (χ0) is 23.5. The van der Waals surface area contributed by atoms with E-state index in [2.05, 4.69) is 20.6 Å². The molecule has 2 amide bonds. The van der Waals surface area contributed by atoms with Crippen molar-refractivity contribution in [3.05, 3.63) is 59.2 Å². The number of hydrogen-bond acceptors (Lipinski definition) is 5. The van der Waals surface area contributed by atoms with Crippen LogP contribution < -0.4 is 10.6 Å². The Labute approximate surface area is 182 Å². The average Bonchev–Trinajstić information content (AvgIpc) is 3.18. The van der Waals surface area contributed by atoms with Gasteiger partial charge in [0.2, 0.25) is 5.95 Å². The summed E-state index contributed by atoms with van der Waals surface area (Å²) >= 11 is 0. The molecule has 2 aromatic carbocycles. The third-order valence-corrected chi connectivity index (χ3v) is 5.12. The van der Waals surface area contributed by atoms with Gasteiger partial charge in [-0.1, -0.05) is 24.3 Å². The van der Waals surface area contributed by atoms with Gasteiger partial charge in [0, 0.05) is 13.6 Å². The number of anilines is 1. The number of alkyl halides is 3. The van der Waals surface area contributed by atoms with Crippen LogP contribution in [0, 0.1) is 0 Å². The molecule has 1 unspecified atom stereocenters. The molecule has 0 aliphatic carbocycles. The number of rotatable bonds is 7. The third-order valence-electron chi connectivity index (χ3n) is 5.12. The Balaban J connectivity index is 1.87. The van der Waals surface area contributed by atoms with Crippen molar-refractivity contribution in [3.63, 3.8) is 0 Å². The van der Waals surface area contributed by atoms with Gasteiger partial charge in [-0.25, -0.2) is 14.8 Å². The van der Waals surface area contributed by atoms with Crippen LogP contribution in [0.4, 0.5) is 23.9 Å². The monoisotopic (exact) mass is 451 g/mol. The summed E-state index contributed by atoms with van der Waals surface area (Å²) in [6, 6.07) is 9.69. The Kier molecular flexibility index (Phi) is 6.60. The molecule has 0 fully saturated rings. The number of benzene rings is 2. The van der Waals surface area contributed by atoms with Crippen molar-refractivity contribution in [2.45, 2.75) is 25.2 Å². The minimum absolute atomic E-state index is 0.180. The van der Waals surface area contributed by atoms with Crippen molar-refractivity contribution in [2.24, 2.45) is 0 Å². The first kappa shape index (κ1) is 23.4. The van der Waals surface area contributed by atoms with Crippen molar-refractivity contribution < 1.29 is 27.9 Å². The summed E-state index contributed by atoms with van der Waals surface area (Å²) in [4.78, 5) is 24.3. The number of hydrogen-bond donors (Lipinski definition) is 4. The molecule has 0 bridgehead atoms. The van der Waals surface area contributed by atoms with Gasteiger partial charge in [0.15, 0.2) is 0 Å². The molecule has 0 spiro atoms.